The third kappa shape index (κ3) is 1.82. The lowest BCUT2D eigenvalue weighted by molar-refractivity contribution is -0.116. The van der Waals surface area contributed by atoms with Gasteiger partial charge in [-0.2, -0.15) is 0 Å². The van der Waals surface area contributed by atoms with E-state index in [1.165, 1.54) is 6.08 Å². The number of hydrogen-bond acceptors (Lipinski definition) is 2. The SMILES string of the molecule is C=CC(=O)NCc1nc2ccccc2n1C. The van der Waals surface area contributed by atoms with Crippen LogP contribution in [0.1, 0.15) is 5.82 Å². The smallest absolute Gasteiger partial charge is 0.243 e. The number of aromatic nitrogens is 2. The standard InChI is InChI=1S/C12H13N3O/c1-3-12(16)13-8-11-14-9-6-4-5-7-10(9)15(11)2/h3-7H,1,8H2,2H3,(H,13,16). The average molecular weight is 215 g/mol. The van der Waals surface area contributed by atoms with Crippen LogP contribution in [-0.4, -0.2) is 15.5 Å². The van der Waals surface area contributed by atoms with E-state index in [1.807, 2.05) is 35.9 Å². The van der Waals surface area contributed by atoms with Crippen LogP contribution < -0.4 is 5.32 Å². The Bertz CT molecular complexity index is 542. The molecule has 0 saturated carbocycles. The molecule has 2 rings (SSSR count). The van der Waals surface area contributed by atoms with Crippen molar-refractivity contribution in [1.82, 2.24) is 14.9 Å². The number of imidazole rings is 1. The fourth-order valence-corrected chi connectivity index (χ4v) is 1.59. The van der Waals surface area contributed by atoms with Crippen molar-refractivity contribution < 1.29 is 4.79 Å². The lowest BCUT2D eigenvalue weighted by Gasteiger charge is -2.02. The first-order valence-corrected chi connectivity index (χ1v) is 5.03. The molecule has 0 aliphatic carbocycles. The maximum Gasteiger partial charge on any atom is 0.243 e. The van der Waals surface area contributed by atoms with Crippen molar-refractivity contribution in [2.45, 2.75) is 6.54 Å². The molecule has 4 nitrogen and oxygen atoms in total. The zero-order chi connectivity index (χ0) is 11.5. The van der Waals surface area contributed by atoms with Crippen molar-refractivity contribution in [3.8, 4) is 0 Å². The summed E-state index contributed by atoms with van der Waals surface area (Å²) >= 11 is 0. The summed E-state index contributed by atoms with van der Waals surface area (Å²) in [6.45, 7) is 3.81. The predicted molar refractivity (Wildman–Crippen MR) is 62.8 cm³/mol. The second-order valence-corrected chi connectivity index (χ2v) is 3.50. The van der Waals surface area contributed by atoms with Crippen LogP contribution in [0.15, 0.2) is 36.9 Å². The molecular formula is C12H13N3O. The van der Waals surface area contributed by atoms with Crippen LogP contribution in [0, 0.1) is 0 Å². The van der Waals surface area contributed by atoms with E-state index in [2.05, 4.69) is 16.9 Å². The van der Waals surface area contributed by atoms with Crippen molar-refractivity contribution in [3.05, 3.63) is 42.7 Å². The van der Waals surface area contributed by atoms with Gasteiger partial charge in [0, 0.05) is 7.05 Å². The molecule has 1 N–H and O–H groups in total. The highest BCUT2D eigenvalue weighted by Crippen LogP contribution is 2.13. The number of rotatable bonds is 3. The van der Waals surface area contributed by atoms with E-state index in [0.717, 1.165) is 16.9 Å². The average Bonchev–Trinajstić information content (AvgIpc) is 2.64. The molecule has 2 aromatic rings. The van der Waals surface area contributed by atoms with Crippen molar-refractivity contribution in [1.29, 1.82) is 0 Å². The number of amides is 1. The maximum atomic E-state index is 11.0. The lowest BCUT2D eigenvalue weighted by atomic mass is 10.3. The van der Waals surface area contributed by atoms with Crippen molar-refractivity contribution in [3.63, 3.8) is 0 Å². The van der Waals surface area contributed by atoms with Gasteiger partial charge in [-0.05, 0) is 18.2 Å². The molecule has 0 saturated heterocycles. The topological polar surface area (TPSA) is 46.9 Å². The molecule has 16 heavy (non-hydrogen) atoms. The van der Waals surface area contributed by atoms with Crippen LogP contribution in [0.5, 0.6) is 0 Å². The number of fused-ring (bicyclic) bond motifs is 1. The molecule has 0 fully saturated rings. The molecular weight excluding hydrogens is 202 g/mol. The molecule has 1 amide bonds. The van der Waals surface area contributed by atoms with E-state index in [9.17, 15) is 4.79 Å². The number of benzene rings is 1. The number of nitrogens with zero attached hydrogens (tertiary/aromatic N) is 2. The van der Waals surface area contributed by atoms with Gasteiger partial charge in [0.1, 0.15) is 5.82 Å². The van der Waals surface area contributed by atoms with Gasteiger partial charge in [0.25, 0.3) is 0 Å². The largest absolute Gasteiger partial charge is 0.345 e. The summed E-state index contributed by atoms with van der Waals surface area (Å²) in [5.74, 6) is 0.642. The number of nitrogens with one attached hydrogen (secondary N) is 1. The van der Waals surface area contributed by atoms with Crippen LogP contribution in [0.25, 0.3) is 11.0 Å². The summed E-state index contributed by atoms with van der Waals surface area (Å²) in [6, 6.07) is 7.87. The molecule has 1 aromatic carbocycles. The predicted octanol–water partition coefficient (Wildman–Crippen LogP) is 1.38. The number of carbonyl (C=O) groups is 1. The minimum atomic E-state index is -0.188. The first-order chi connectivity index (χ1) is 7.72. The minimum Gasteiger partial charge on any atom is -0.345 e. The first kappa shape index (κ1) is 10.4. The Labute approximate surface area is 93.6 Å². The monoisotopic (exact) mass is 215 g/mol. The Kier molecular flexibility index (Phi) is 2.72. The van der Waals surface area contributed by atoms with E-state index in [0.29, 0.717) is 6.54 Å². The summed E-state index contributed by atoms with van der Waals surface area (Å²) in [5.41, 5.74) is 2.00. The van der Waals surface area contributed by atoms with E-state index >= 15 is 0 Å². The van der Waals surface area contributed by atoms with Gasteiger partial charge in [0.15, 0.2) is 0 Å². The summed E-state index contributed by atoms with van der Waals surface area (Å²) < 4.78 is 1.97. The molecule has 1 heterocycles. The Balaban J connectivity index is 2.28. The summed E-state index contributed by atoms with van der Waals surface area (Å²) in [7, 11) is 1.94. The van der Waals surface area contributed by atoms with Crippen molar-refractivity contribution in [2.24, 2.45) is 7.05 Å². The number of aryl methyl sites for hydroxylation is 1. The Hall–Kier alpha value is -2.10. The van der Waals surface area contributed by atoms with Gasteiger partial charge in [-0.25, -0.2) is 4.98 Å². The zero-order valence-corrected chi connectivity index (χ0v) is 9.10. The lowest BCUT2D eigenvalue weighted by Crippen LogP contribution is -2.21. The molecule has 4 heteroatoms. The summed E-state index contributed by atoms with van der Waals surface area (Å²) in [5, 5.41) is 2.71. The van der Waals surface area contributed by atoms with Gasteiger partial charge in [0.05, 0.1) is 17.6 Å². The number of carbonyl (C=O) groups excluding carboxylic acids is 1. The van der Waals surface area contributed by atoms with Crippen LogP contribution >= 0.6 is 0 Å². The Morgan fingerprint density at radius 2 is 2.31 bits per heavy atom. The molecule has 0 atom stereocenters. The van der Waals surface area contributed by atoms with Crippen LogP contribution in [0.4, 0.5) is 0 Å². The van der Waals surface area contributed by atoms with E-state index in [1.54, 1.807) is 0 Å². The number of para-hydroxylation sites is 2. The van der Waals surface area contributed by atoms with Gasteiger partial charge >= 0.3 is 0 Å². The van der Waals surface area contributed by atoms with Gasteiger partial charge in [-0.15, -0.1) is 0 Å². The van der Waals surface area contributed by atoms with E-state index < -0.39 is 0 Å². The van der Waals surface area contributed by atoms with Gasteiger partial charge in [-0.3, -0.25) is 4.79 Å². The zero-order valence-electron chi connectivity index (χ0n) is 9.10. The normalized spacial score (nSPS) is 10.3. The molecule has 1 aromatic heterocycles. The van der Waals surface area contributed by atoms with Gasteiger partial charge in [-0.1, -0.05) is 18.7 Å². The van der Waals surface area contributed by atoms with Crippen molar-refractivity contribution >= 4 is 16.9 Å². The van der Waals surface area contributed by atoms with Crippen molar-refractivity contribution in [2.75, 3.05) is 0 Å². The van der Waals surface area contributed by atoms with E-state index in [-0.39, 0.29) is 5.91 Å². The molecule has 0 aliphatic rings. The Morgan fingerprint density at radius 1 is 1.56 bits per heavy atom. The molecule has 82 valence electrons. The highest BCUT2D eigenvalue weighted by Gasteiger charge is 2.06. The van der Waals surface area contributed by atoms with Crippen LogP contribution in [0.2, 0.25) is 0 Å². The maximum absolute atomic E-state index is 11.0. The fraction of sp³-hybridized carbons (Fsp3) is 0.167. The van der Waals surface area contributed by atoms with Crippen LogP contribution in [0.3, 0.4) is 0 Å². The van der Waals surface area contributed by atoms with Crippen LogP contribution in [-0.2, 0) is 18.4 Å². The summed E-state index contributed by atoms with van der Waals surface area (Å²) in [4.78, 5) is 15.5. The van der Waals surface area contributed by atoms with Gasteiger partial charge in [0.2, 0.25) is 5.91 Å². The molecule has 0 unspecified atom stereocenters. The molecule has 0 radical (unpaired) electrons. The van der Waals surface area contributed by atoms with E-state index in [4.69, 9.17) is 0 Å². The number of hydrogen-bond donors (Lipinski definition) is 1. The molecule has 0 spiro atoms. The summed E-state index contributed by atoms with van der Waals surface area (Å²) in [6.07, 6.45) is 1.25. The second kappa shape index (κ2) is 4.18. The first-order valence-electron chi connectivity index (χ1n) is 5.03. The third-order valence-corrected chi connectivity index (χ3v) is 2.49. The molecule has 0 aliphatic heterocycles. The third-order valence-electron chi connectivity index (χ3n) is 2.49. The highest BCUT2D eigenvalue weighted by atomic mass is 16.1. The second-order valence-electron chi connectivity index (χ2n) is 3.50. The quantitative estimate of drug-likeness (QED) is 0.786. The fourth-order valence-electron chi connectivity index (χ4n) is 1.59. The minimum absolute atomic E-state index is 0.188. The molecule has 0 bridgehead atoms. The van der Waals surface area contributed by atoms with Gasteiger partial charge < -0.3 is 9.88 Å². The highest BCUT2D eigenvalue weighted by molar-refractivity contribution is 5.86. The Morgan fingerprint density at radius 3 is 3.00 bits per heavy atom.